The number of amides is 2. The topological polar surface area (TPSA) is 159 Å². The Kier molecular flexibility index (Phi) is 21.9. The molecule has 0 heterocycles. The molecular formula is C12H25N3O6S. The molecule has 0 aromatic carbocycles. The van der Waals surface area contributed by atoms with E-state index in [1.165, 1.54) is 7.05 Å². The van der Waals surface area contributed by atoms with E-state index in [-0.39, 0.29) is 31.3 Å². The highest BCUT2D eigenvalue weighted by Gasteiger charge is 2.06. The Morgan fingerprint density at radius 2 is 1.73 bits per heavy atom. The SMILES string of the molecule is CC(CS)NC(=O)CCCC(=O)O.CN.O=CNCC(=O)O. The van der Waals surface area contributed by atoms with E-state index >= 15 is 0 Å². The Morgan fingerprint density at radius 1 is 1.18 bits per heavy atom. The number of nitrogens with one attached hydrogen (secondary N) is 2. The van der Waals surface area contributed by atoms with Crippen molar-refractivity contribution in [1.29, 1.82) is 0 Å². The van der Waals surface area contributed by atoms with Crippen molar-refractivity contribution in [2.75, 3.05) is 19.3 Å². The van der Waals surface area contributed by atoms with Crippen LogP contribution in [0.25, 0.3) is 0 Å². The lowest BCUT2D eigenvalue weighted by Crippen LogP contribution is -2.33. The molecule has 130 valence electrons. The van der Waals surface area contributed by atoms with Crippen LogP contribution in [0.1, 0.15) is 26.2 Å². The Bertz CT molecular complexity index is 328. The number of aliphatic carboxylic acids is 2. The van der Waals surface area contributed by atoms with Crippen LogP contribution in [0.5, 0.6) is 0 Å². The summed E-state index contributed by atoms with van der Waals surface area (Å²) in [6.07, 6.45) is 1.04. The van der Waals surface area contributed by atoms with Crippen molar-refractivity contribution in [2.45, 2.75) is 32.2 Å². The molecule has 22 heavy (non-hydrogen) atoms. The van der Waals surface area contributed by atoms with Gasteiger partial charge in [0, 0.05) is 24.6 Å². The van der Waals surface area contributed by atoms with Crippen molar-refractivity contribution in [1.82, 2.24) is 10.6 Å². The Morgan fingerprint density at radius 3 is 2.05 bits per heavy atom. The molecule has 0 bridgehead atoms. The first-order valence-electron chi connectivity index (χ1n) is 6.42. The summed E-state index contributed by atoms with van der Waals surface area (Å²) >= 11 is 4.01. The van der Waals surface area contributed by atoms with Gasteiger partial charge < -0.3 is 26.6 Å². The van der Waals surface area contributed by atoms with Gasteiger partial charge in [-0.15, -0.1) is 0 Å². The van der Waals surface area contributed by atoms with Gasteiger partial charge in [-0.3, -0.25) is 19.2 Å². The number of carboxylic acids is 2. The summed E-state index contributed by atoms with van der Waals surface area (Å²) in [7, 11) is 1.50. The summed E-state index contributed by atoms with van der Waals surface area (Å²) in [5.41, 5.74) is 4.50. The first-order chi connectivity index (χ1) is 10.3. The fourth-order valence-electron chi connectivity index (χ4n) is 0.922. The third-order valence-electron chi connectivity index (χ3n) is 1.81. The van der Waals surface area contributed by atoms with Crippen molar-refractivity contribution in [3.63, 3.8) is 0 Å². The summed E-state index contributed by atoms with van der Waals surface area (Å²) in [5, 5.41) is 20.8. The molecule has 0 radical (unpaired) electrons. The summed E-state index contributed by atoms with van der Waals surface area (Å²) in [6.45, 7) is 1.55. The molecule has 6 N–H and O–H groups in total. The number of carboxylic acid groups (broad SMARTS) is 2. The molecule has 0 rings (SSSR count). The van der Waals surface area contributed by atoms with Gasteiger partial charge >= 0.3 is 11.9 Å². The van der Waals surface area contributed by atoms with Gasteiger partial charge in [-0.2, -0.15) is 12.6 Å². The molecule has 0 fully saturated rings. The monoisotopic (exact) mass is 339 g/mol. The van der Waals surface area contributed by atoms with Crippen LogP contribution >= 0.6 is 12.6 Å². The van der Waals surface area contributed by atoms with Crippen LogP contribution in [0.2, 0.25) is 0 Å². The maximum absolute atomic E-state index is 11.1. The molecular weight excluding hydrogens is 314 g/mol. The number of hydrogen-bond donors (Lipinski definition) is 6. The third-order valence-corrected chi connectivity index (χ3v) is 2.36. The third kappa shape index (κ3) is 26.7. The molecule has 0 aromatic heterocycles. The molecule has 0 aromatic rings. The lowest BCUT2D eigenvalue weighted by molar-refractivity contribution is -0.137. The van der Waals surface area contributed by atoms with Gasteiger partial charge in [0.15, 0.2) is 0 Å². The van der Waals surface area contributed by atoms with Gasteiger partial charge in [0.05, 0.1) is 0 Å². The molecule has 1 unspecified atom stereocenters. The van der Waals surface area contributed by atoms with E-state index < -0.39 is 11.9 Å². The molecule has 0 aliphatic carbocycles. The fraction of sp³-hybridized carbons (Fsp3) is 0.667. The lowest BCUT2D eigenvalue weighted by Gasteiger charge is -2.09. The van der Waals surface area contributed by atoms with Gasteiger partial charge in [-0.05, 0) is 20.4 Å². The van der Waals surface area contributed by atoms with E-state index in [0.29, 0.717) is 18.6 Å². The number of nitrogens with two attached hydrogens (primary N) is 1. The van der Waals surface area contributed by atoms with E-state index in [1.807, 2.05) is 12.2 Å². The van der Waals surface area contributed by atoms with Crippen LogP contribution in [-0.4, -0.2) is 59.9 Å². The zero-order chi connectivity index (χ0) is 18.0. The van der Waals surface area contributed by atoms with E-state index in [2.05, 4.69) is 23.7 Å². The number of thiol groups is 1. The van der Waals surface area contributed by atoms with Crippen LogP contribution in [0.15, 0.2) is 0 Å². The Labute approximate surface area is 135 Å². The first-order valence-corrected chi connectivity index (χ1v) is 7.05. The lowest BCUT2D eigenvalue weighted by atomic mass is 10.2. The minimum atomic E-state index is -1.04. The maximum Gasteiger partial charge on any atom is 0.322 e. The molecule has 2 amide bonds. The standard InChI is InChI=1S/C8H15NO3S.C3H5NO3.CH5N/c1-6(5-13)9-7(10)3-2-4-8(11)12;5-2-4-1-3(6)7;1-2/h6,13H,2-5H2,1H3,(H,9,10)(H,11,12);2H,1H2,(H,4,5)(H,6,7);2H2,1H3. The number of carbonyl (C=O) groups is 4. The predicted molar refractivity (Wildman–Crippen MR) is 84.8 cm³/mol. The highest BCUT2D eigenvalue weighted by molar-refractivity contribution is 7.80. The highest BCUT2D eigenvalue weighted by atomic mass is 32.1. The molecule has 10 heteroatoms. The largest absolute Gasteiger partial charge is 0.481 e. The van der Waals surface area contributed by atoms with E-state index in [0.717, 1.165) is 0 Å². The normalized spacial score (nSPS) is 9.82. The van der Waals surface area contributed by atoms with Gasteiger partial charge in [-0.1, -0.05) is 0 Å². The second-order valence-electron chi connectivity index (χ2n) is 3.79. The maximum atomic E-state index is 11.1. The summed E-state index contributed by atoms with van der Waals surface area (Å²) in [6, 6.07) is 0.0423. The Balaban J connectivity index is -0.000000339. The van der Waals surface area contributed by atoms with E-state index in [9.17, 15) is 19.2 Å². The van der Waals surface area contributed by atoms with Crippen LogP contribution in [0.3, 0.4) is 0 Å². The van der Waals surface area contributed by atoms with Gasteiger partial charge in [-0.25, -0.2) is 0 Å². The summed E-state index contributed by atoms with van der Waals surface area (Å²) in [5.74, 6) is -1.42. The van der Waals surface area contributed by atoms with Crippen molar-refractivity contribution in [3.8, 4) is 0 Å². The molecule has 9 nitrogen and oxygen atoms in total. The van der Waals surface area contributed by atoms with Gasteiger partial charge in [0.1, 0.15) is 6.54 Å². The second-order valence-corrected chi connectivity index (χ2v) is 4.16. The van der Waals surface area contributed by atoms with Crippen LogP contribution in [0.4, 0.5) is 0 Å². The van der Waals surface area contributed by atoms with Crippen molar-refractivity contribution >= 4 is 36.9 Å². The Hall–Kier alpha value is -1.81. The molecule has 0 saturated heterocycles. The molecule has 1 atom stereocenters. The molecule has 0 aliphatic heterocycles. The van der Waals surface area contributed by atoms with Crippen molar-refractivity contribution in [2.24, 2.45) is 5.73 Å². The quantitative estimate of drug-likeness (QED) is 0.234. The van der Waals surface area contributed by atoms with Crippen molar-refractivity contribution < 1.29 is 29.4 Å². The minimum absolute atomic E-state index is 0.0423. The molecule has 0 aliphatic rings. The highest BCUT2D eigenvalue weighted by Crippen LogP contribution is 1.96. The smallest absolute Gasteiger partial charge is 0.322 e. The molecule has 0 spiro atoms. The number of hydrogen-bond acceptors (Lipinski definition) is 6. The zero-order valence-corrected chi connectivity index (χ0v) is 13.6. The predicted octanol–water partition coefficient (Wildman–Crippen LogP) is -0.932. The number of rotatable bonds is 9. The van der Waals surface area contributed by atoms with Crippen molar-refractivity contribution in [3.05, 3.63) is 0 Å². The first kappa shape index (κ1) is 25.2. The second kappa shape index (κ2) is 19.2. The van der Waals surface area contributed by atoms with Crippen LogP contribution in [-0.2, 0) is 19.2 Å². The fourth-order valence-corrected chi connectivity index (χ4v) is 1.01. The van der Waals surface area contributed by atoms with E-state index in [4.69, 9.17) is 10.2 Å². The van der Waals surface area contributed by atoms with Crippen LogP contribution in [0, 0.1) is 0 Å². The summed E-state index contributed by atoms with van der Waals surface area (Å²) in [4.78, 5) is 40.0. The van der Waals surface area contributed by atoms with Gasteiger partial charge in [0.25, 0.3) is 0 Å². The van der Waals surface area contributed by atoms with Gasteiger partial charge in [0.2, 0.25) is 12.3 Å². The summed E-state index contributed by atoms with van der Waals surface area (Å²) < 4.78 is 0. The number of carbonyl (C=O) groups excluding carboxylic acids is 2. The average molecular weight is 339 g/mol. The minimum Gasteiger partial charge on any atom is -0.481 e. The van der Waals surface area contributed by atoms with E-state index in [1.54, 1.807) is 0 Å². The zero-order valence-electron chi connectivity index (χ0n) is 12.7. The van der Waals surface area contributed by atoms with Crippen LogP contribution < -0.4 is 16.4 Å². The molecule has 0 saturated carbocycles. The average Bonchev–Trinajstić information content (AvgIpc) is 2.47.